The molecule has 1 aromatic carbocycles. The van der Waals surface area contributed by atoms with Gasteiger partial charge in [-0.05, 0) is 12.5 Å². The standard InChI is InChI=1S/C14H21N3OS/c1-11-10-19-8-7-17(11)13(9-14(15)16-18)12-5-3-2-4-6-12/h2-6,11,13,18H,7-10H2,1H3,(H2,15,16). The second-order valence-electron chi connectivity index (χ2n) is 4.88. The van der Waals surface area contributed by atoms with Crippen LogP contribution in [0.15, 0.2) is 35.5 Å². The molecule has 104 valence electrons. The second kappa shape index (κ2) is 6.82. The number of nitrogens with two attached hydrogens (primary N) is 1. The summed E-state index contributed by atoms with van der Waals surface area (Å²) < 4.78 is 0. The zero-order chi connectivity index (χ0) is 13.7. The van der Waals surface area contributed by atoms with Gasteiger partial charge >= 0.3 is 0 Å². The number of thioether (sulfide) groups is 1. The van der Waals surface area contributed by atoms with Gasteiger partial charge in [0.25, 0.3) is 0 Å². The number of hydrogen-bond donors (Lipinski definition) is 2. The Morgan fingerprint density at radius 1 is 1.53 bits per heavy atom. The van der Waals surface area contributed by atoms with Gasteiger partial charge in [0, 0.05) is 36.6 Å². The van der Waals surface area contributed by atoms with Gasteiger partial charge in [0.05, 0.1) is 0 Å². The van der Waals surface area contributed by atoms with Gasteiger partial charge in [0.15, 0.2) is 0 Å². The summed E-state index contributed by atoms with van der Waals surface area (Å²) in [7, 11) is 0. The maximum Gasteiger partial charge on any atom is 0.141 e. The van der Waals surface area contributed by atoms with E-state index in [4.69, 9.17) is 10.9 Å². The maximum absolute atomic E-state index is 8.84. The summed E-state index contributed by atoms with van der Waals surface area (Å²) >= 11 is 1.99. The van der Waals surface area contributed by atoms with E-state index in [1.807, 2.05) is 30.0 Å². The molecule has 0 aliphatic carbocycles. The highest BCUT2D eigenvalue weighted by Crippen LogP contribution is 2.30. The Labute approximate surface area is 118 Å². The van der Waals surface area contributed by atoms with Crippen LogP contribution in [-0.4, -0.2) is 40.0 Å². The van der Waals surface area contributed by atoms with Crippen LogP contribution >= 0.6 is 11.8 Å². The molecule has 1 aliphatic rings. The molecule has 5 heteroatoms. The van der Waals surface area contributed by atoms with Crippen molar-refractivity contribution in [2.24, 2.45) is 10.9 Å². The van der Waals surface area contributed by atoms with Crippen LogP contribution in [0.3, 0.4) is 0 Å². The molecule has 2 rings (SSSR count). The van der Waals surface area contributed by atoms with Crippen LogP contribution in [0.4, 0.5) is 0 Å². The van der Waals surface area contributed by atoms with E-state index in [0.717, 1.165) is 18.1 Å². The van der Waals surface area contributed by atoms with Gasteiger partial charge in [-0.15, -0.1) is 0 Å². The highest BCUT2D eigenvalue weighted by atomic mass is 32.2. The molecule has 0 radical (unpaired) electrons. The second-order valence-corrected chi connectivity index (χ2v) is 6.03. The number of amidine groups is 1. The van der Waals surface area contributed by atoms with Crippen LogP contribution in [0.2, 0.25) is 0 Å². The molecular weight excluding hydrogens is 258 g/mol. The number of nitrogens with zero attached hydrogens (tertiary/aromatic N) is 2. The first-order chi connectivity index (χ1) is 9.22. The predicted molar refractivity (Wildman–Crippen MR) is 80.7 cm³/mol. The number of benzene rings is 1. The summed E-state index contributed by atoms with van der Waals surface area (Å²) in [5.41, 5.74) is 6.96. The summed E-state index contributed by atoms with van der Waals surface area (Å²) in [5, 5.41) is 12.0. The molecule has 4 nitrogen and oxygen atoms in total. The lowest BCUT2D eigenvalue weighted by molar-refractivity contribution is 0.164. The van der Waals surface area contributed by atoms with Crippen LogP contribution in [0.25, 0.3) is 0 Å². The van der Waals surface area contributed by atoms with Crippen LogP contribution < -0.4 is 5.73 Å². The molecule has 1 fully saturated rings. The molecule has 2 atom stereocenters. The Morgan fingerprint density at radius 3 is 2.89 bits per heavy atom. The monoisotopic (exact) mass is 279 g/mol. The topological polar surface area (TPSA) is 61.8 Å². The Morgan fingerprint density at radius 2 is 2.26 bits per heavy atom. The van der Waals surface area contributed by atoms with Gasteiger partial charge in [0.1, 0.15) is 5.84 Å². The van der Waals surface area contributed by atoms with E-state index in [2.05, 4.69) is 29.1 Å². The molecule has 0 saturated carbocycles. The van der Waals surface area contributed by atoms with Crippen molar-refractivity contribution in [2.75, 3.05) is 18.1 Å². The zero-order valence-electron chi connectivity index (χ0n) is 11.2. The highest BCUT2D eigenvalue weighted by Gasteiger charge is 2.28. The predicted octanol–water partition coefficient (Wildman–Crippen LogP) is 2.30. The fourth-order valence-corrected chi connectivity index (χ4v) is 3.58. The minimum Gasteiger partial charge on any atom is -0.409 e. The molecule has 1 aliphatic heterocycles. The normalized spacial score (nSPS) is 23.2. The Balaban J connectivity index is 2.23. The molecule has 2 unspecified atom stereocenters. The van der Waals surface area contributed by atoms with Gasteiger partial charge in [-0.3, -0.25) is 4.90 Å². The van der Waals surface area contributed by atoms with E-state index in [1.165, 1.54) is 5.56 Å². The smallest absolute Gasteiger partial charge is 0.141 e. The molecule has 0 spiro atoms. The van der Waals surface area contributed by atoms with Crippen LogP contribution in [-0.2, 0) is 0 Å². The molecule has 1 aromatic rings. The van der Waals surface area contributed by atoms with Crippen molar-refractivity contribution in [2.45, 2.75) is 25.4 Å². The SMILES string of the molecule is CC1CSCCN1C(CC(N)=NO)c1ccccc1. The summed E-state index contributed by atoms with van der Waals surface area (Å²) in [4.78, 5) is 2.46. The van der Waals surface area contributed by atoms with Crippen molar-refractivity contribution < 1.29 is 5.21 Å². The van der Waals surface area contributed by atoms with Crippen molar-refractivity contribution in [3.8, 4) is 0 Å². The van der Waals surface area contributed by atoms with Gasteiger partial charge in [-0.1, -0.05) is 35.5 Å². The molecule has 0 bridgehead atoms. The van der Waals surface area contributed by atoms with Crippen LogP contribution in [0.5, 0.6) is 0 Å². The molecule has 0 amide bonds. The van der Waals surface area contributed by atoms with E-state index in [9.17, 15) is 0 Å². The molecule has 1 saturated heterocycles. The van der Waals surface area contributed by atoms with E-state index in [-0.39, 0.29) is 6.04 Å². The van der Waals surface area contributed by atoms with Crippen molar-refractivity contribution in [1.82, 2.24) is 4.90 Å². The summed E-state index contributed by atoms with van der Waals surface area (Å²) in [5.74, 6) is 2.57. The summed E-state index contributed by atoms with van der Waals surface area (Å²) in [6.07, 6.45) is 0.565. The average Bonchev–Trinajstić information content (AvgIpc) is 2.46. The third-order valence-corrected chi connectivity index (χ3v) is 4.72. The van der Waals surface area contributed by atoms with Crippen LogP contribution in [0, 0.1) is 0 Å². The number of rotatable bonds is 4. The zero-order valence-corrected chi connectivity index (χ0v) is 12.0. The summed E-state index contributed by atoms with van der Waals surface area (Å²) in [6, 6.07) is 11.0. The van der Waals surface area contributed by atoms with Crippen molar-refractivity contribution in [1.29, 1.82) is 0 Å². The first-order valence-corrected chi connectivity index (χ1v) is 7.72. The lowest BCUT2D eigenvalue weighted by Gasteiger charge is -2.39. The first-order valence-electron chi connectivity index (χ1n) is 6.57. The Kier molecular flexibility index (Phi) is 5.10. The molecule has 19 heavy (non-hydrogen) atoms. The highest BCUT2D eigenvalue weighted by molar-refractivity contribution is 7.99. The van der Waals surface area contributed by atoms with Crippen molar-refractivity contribution >= 4 is 17.6 Å². The molecule has 0 aromatic heterocycles. The molecular formula is C14H21N3OS. The lowest BCUT2D eigenvalue weighted by atomic mass is 10.00. The van der Waals surface area contributed by atoms with Gasteiger partial charge in [-0.2, -0.15) is 11.8 Å². The lowest BCUT2D eigenvalue weighted by Crippen LogP contribution is -2.44. The van der Waals surface area contributed by atoms with Gasteiger partial charge in [0.2, 0.25) is 0 Å². The van der Waals surface area contributed by atoms with E-state index >= 15 is 0 Å². The van der Waals surface area contributed by atoms with Crippen LogP contribution in [0.1, 0.15) is 24.9 Å². The van der Waals surface area contributed by atoms with E-state index in [0.29, 0.717) is 18.3 Å². The molecule has 1 heterocycles. The fourth-order valence-electron chi connectivity index (χ4n) is 2.54. The van der Waals surface area contributed by atoms with Gasteiger partial charge in [-0.25, -0.2) is 0 Å². The molecule has 3 N–H and O–H groups in total. The number of hydrogen-bond acceptors (Lipinski definition) is 4. The van der Waals surface area contributed by atoms with E-state index in [1.54, 1.807) is 0 Å². The third kappa shape index (κ3) is 3.64. The largest absolute Gasteiger partial charge is 0.409 e. The Bertz CT molecular complexity index is 424. The summed E-state index contributed by atoms with van der Waals surface area (Å²) in [6.45, 7) is 3.29. The Hall–Kier alpha value is -1.20. The quantitative estimate of drug-likeness (QED) is 0.384. The van der Waals surface area contributed by atoms with E-state index < -0.39 is 0 Å². The minimum absolute atomic E-state index is 0.188. The average molecular weight is 279 g/mol. The third-order valence-electron chi connectivity index (χ3n) is 3.53. The van der Waals surface area contributed by atoms with Crippen molar-refractivity contribution in [3.05, 3.63) is 35.9 Å². The van der Waals surface area contributed by atoms with Crippen molar-refractivity contribution in [3.63, 3.8) is 0 Å². The minimum atomic E-state index is 0.188. The fraction of sp³-hybridized carbons (Fsp3) is 0.500. The number of oxime groups is 1. The first kappa shape index (κ1) is 14.2. The van der Waals surface area contributed by atoms with Gasteiger partial charge < -0.3 is 10.9 Å². The maximum atomic E-state index is 8.84.